The molecule has 4 heteroatoms. The number of thioether (sulfide) groups is 1. The van der Waals surface area contributed by atoms with Crippen LogP contribution in [0.2, 0.25) is 0 Å². The molecule has 0 bridgehead atoms. The first-order valence-electron chi connectivity index (χ1n) is 4.95. The molecule has 0 fully saturated rings. The molecule has 3 nitrogen and oxygen atoms in total. The van der Waals surface area contributed by atoms with Crippen LogP contribution in [0.1, 0.15) is 26.7 Å². The van der Waals surface area contributed by atoms with Crippen molar-refractivity contribution in [2.24, 2.45) is 5.73 Å². The molecule has 80 valence electrons. The van der Waals surface area contributed by atoms with Crippen LogP contribution in [-0.2, 0) is 0 Å². The molecule has 0 aliphatic heterocycles. The van der Waals surface area contributed by atoms with E-state index in [0.29, 0.717) is 0 Å². The average molecular weight is 213 g/mol. The predicted molar refractivity (Wildman–Crippen MR) is 62.4 cm³/mol. The molecule has 1 heterocycles. The summed E-state index contributed by atoms with van der Waals surface area (Å²) in [5.41, 5.74) is 5.14. The summed E-state index contributed by atoms with van der Waals surface area (Å²) in [5, 5.41) is 0.861. The van der Waals surface area contributed by atoms with E-state index < -0.39 is 0 Å². The Balaban J connectivity index is 0.000000292. The van der Waals surface area contributed by atoms with E-state index in [4.69, 9.17) is 5.73 Å². The summed E-state index contributed by atoms with van der Waals surface area (Å²) in [7, 11) is 0. The first kappa shape index (κ1) is 13.4. The Kier molecular flexibility index (Phi) is 10.0. The van der Waals surface area contributed by atoms with Crippen LogP contribution in [-0.4, -0.2) is 22.3 Å². The maximum atomic E-state index is 5.14. The van der Waals surface area contributed by atoms with Gasteiger partial charge in [0.2, 0.25) is 0 Å². The zero-order valence-corrected chi connectivity index (χ0v) is 9.76. The summed E-state index contributed by atoms with van der Waals surface area (Å²) < 4.78 is 0. The molecule has 0 aliphatic carbocycles. The normalized spacial score (nSPS) is 9.07. The van der Waals surface area contributed by atoms with E-state index in [2.05, 4.69) is 23.8 Å². The summed E-state index contributed by atoms with van der Waals surface area (Å²) in [5.74, 6) is 1.03. The standard InChI is InChI=1S/C6H8N2S.C4H11N/c1-2-9-6-7-4-3-5-8-6;1-2-3-4-5/h3-5H,2H2,1H3;2-5H2,1H3. The third-order valence-corrected chi connectivity index (χ3v) is 2.13. The van der Waals surface area contributed by atoms with Gasteiger partial charge < -0.3 is 5.73 Å². The van der Waals surface area contributed by atoms with Crippen LogP contribution >= 0.6 is 11.8 Å². The highest BCUT2D eigenvalue weighted by atomic mass is 32.2. The van der Waals surface area contributed by atoms with Crippen LogP contribution in [0.4, 0.5) is 0 Å². The fourth-order valence-electron chi connectivity index (χ4n) is 0.693. The Hall–Kier alpha value is -0.610. The molecule has 2 N–H and O–H groups in total. The van der Waals surface area contributed by atoms with Crippen LogP contribution in [0.5, 0.6) is 0 Å². The van der Waals surface area contributed by atoms with Crippen molar-refractivity contribution < 1.29 is 0 Å². The quantitative estimate of drug-likeness (QED) is 0.616. The topological polar surface area (TPSA) is 51.8 Å². The van der Waals surface area contributed by atoms with Gasteiger partial charge in [-0.15, -0.1) is 0 Å². The lowest BCUT2D eigenvalue weighted by Crippen LogP contribution is -1.95. The van der Waals surface area contributed by atoms with E-state index in [9.17, 15) is 0 Å². The molecule has 0 unspecified atom stereocenters. The van der Waals surface area contributed by atoms with Crippen LogP contribution in [0.15, 0.2) is 23.6 Å². The van der Waals surface area contributed by atoms with Gasteiger partial charge in [-0.1, -0.05) is 32.0 Å². The van der Waals surface area contributed by atoms with Crippen molar-refractivity contribution in [2.45, 2.75) is 31.8 Å². The third-order valence-electron chi connectivity index (χ3n) is 1.37. The van der Waals surface area contributed by atoms with Crippen molar-refractivity contribution in [1.29, 1.82) is 0 Å². The molecule has 0 radical (unpaired) electrons. The molecule has 0 spiro atoms. The van der Waals surface area contributed by atoms with Crippen molar-refractivity contribution in [3.05, 3.63) is 18.5 Å². The third kappa shape index (κ3) is 8.01. The minimum atomic E-state index is 0.844. The van der Waals surface area contributed by atoms with Crippen molar-refractivity contribution in [3.63, 3.8) is 0 Å². The molecular formula is C10H19N3S. The van der Waals surface area contributed by atoms with Crippen molar-refractivity contribution in [3.8, 4) is 0 Å². The van der Waals surface area contributed by atoms with Crippen LogP contribution in [0.3, 0.4) is 0 Å². The maximum Gasteiger partial charge on any atom is 0.187 e. The van der Waals surface area contributed by atoms with Gasteiger partial charge in [0.15, 0.2) is 5.16 Å². The number of nitrogens with zero attached hydrogens (tertiary/aromatic N) is 2. The Morgan fingerprint density at radius 3 is 2.29 bits per heavy atom. The Labute approximate surface area is 90.5 Å². The van der Waals surface area contributed by atoms with Gasteiger partial charge in [0.05, 0.1) is 0 Å². The summed E-state index contributed by atoms with van der Waals surface area (Å²) >= 11 is 1.65. The van der Waals surface area contributed by atoms with Gasteiger partial charge in [0, 0.05) is 12.4 Å². The van der Waals surface area contributed by atoms with Crippen molar-refractivity contribution >= 4 is 11.8 Å². The van der Waals surface area contributed by atoms with E-state index >= 15 is 0 Å². The molecule has 0 aromatic carbocycles. The van der Waals surface area contributed by atoms with Gasteiger partial charge in [0.1, 0.15) is 0 Å². The first-order chi connectivity index (χ1) is 6.85. The fourth-order valence-corrected chi connectivity index (χ4v) is 1.22. The number of unbranched alkanes of at least 4 members (excludes halogenated alkanes) is 1. The number of rotatable bonds is 4. The lowest BCUT2D eigenvalue weighted by atomic mass is 10.3. The Bertz CT molecular complexity index is 202. The van der Waals surface area contributed by atoms with E-state index in [1.165, 1.54) is 12.8 Å². The van der Waals surface area contributed by atoms with Crippen LogP contribution in [0, 0.1) is 0 Å². The van der Waals surface area contributed by atoms with Gasteiger partial charge >= 0.3 is 0 Å². The molecule has 0 atom stereocenters. The van der Waals surface area contributed by atoms with Crippen molar-refractivity contribution in [2.75, 3.05) is 12.3 Å². The number of nitrogens with two attached hydrogens (primary N) is 1. The SMILES string of the molecule is CCCCN.CCSc1ncccn1. The second kappa shape index (κ2) is 10.5. The highest BCUT2D eigenvalue weighted by molar-refractivity contribution is 7.99. The van der Waals surface area contributed by atoms with Crippen LogP contribution < -0.4 is 5.73 Å². The van der Waals surface area contributed by atoms with Crippen molar-refractivity contribution in [1.82, 2.24) is 9.97 Å². The van der Waals surface area contributed by atoms with Gasteiger partial charge in [-0.2, -0.15) is 0 Å². The maximum absolute atomic E-state index is 5.14. The number of hydrogen-bond donors (Lipinski definition) is 1. The largest absolute Gasteiger partial charge is 0.330 e. The molecule has 1 aromatic heterocycles. The summed E-state index contributed by atoms with van der Waals surface area (Å²) in [4.78, 5) is 8.04. The van der Waals surface area contributed by atoms with E-state index in [0.717, 1.165) is 17.5 Å². The number of aromatic nitrogens is 2. The Morgan fingerprint density at radius 1 is 1.29 bits per heavy atom. The van der Waals surface area contributed by atoms with Gasteiger partial charge in [-0.05, 0) is 24.8 Å². The molecule has 0 amide bonds. The van der Waals surface area contributed by atoms with E-state index in [-0.39, 0.29) is 0 Å². The average Bonchev–Trinajstić information content (AvgIpc) is 2.22. The molecule has 0 saturated carbocycles. The summed E-state index contributed by atoms with van der Waals surface area (Å²) in [6.45, 7) is 5.06. The van der Waals surface area contributed by atoms with Gasteiger partial charge in [-0.3, -0.25) is 0 Å². The second-order valence-electron chi connectivity index (χ2n) is 2.61. The summed E-state index contributed by atoms with van der Waals surface area (Å²) in [6.07, 6.45) is 5.90. The van der Waals surface area contributed by atoms with E-state index in [1.54, 1.807) is 24.2 Å². The molecule has 1 rings (SSSR count). The molecule has 14 heavy (non-hydrogen) atoms. The first-order valence-corrected chi connectivity index (χ1v) is 5.93. The zero-order valence-electron chi connectivity index (χ0n) is 8.94. The van der Waals surface area contributed by atoms with Gasteiger partial charge in [0.25, 0.3) is 0 Å². The summed E-state index contributed by atoms with van der Waals surface area (Å²) in [6, 6.07) is 1.82. The smallest absolute Gasteiger partial charge is 0.187 e. The molecule has 0 saturated heterocycles. The predicted octanol–water partition coefficient (Wildman–Crippen LogP) is 2.33. The second-order valence-corrected chi connectivity index (χ2v) is 3.84. The molecule has 0 aliphatic rings. The highest BCUT2D eigenvalue weighted by Crippen LogP contribution is 2.08. The zero-order chi connectivity index (χ0) is 10.6. The minimum absolute atomic E-state index is 0.844. The molecular weight excluding hydrogens is 194 g/mol. The number of hydrogen-bond acceptors (Lipinski definition) is 4. The van der Waals surface area contributed by atoms with Gasteiger partial charge in [-0.25, -0.2) is 9.97 Å². The lowest BCUT2D eigenvalue weighted by molar-refractivity contribution is 0.807. The minimum Gasteiger partial charge on any atom is -0.330 e. The molecule has 1 aromatic rings. The fraction of sp³-hybridized carbons (Fsp3) is 0.600. The monoisotopic (exact) mass is 213 g/mol. The van der Waals surface area contributed by atoms with Crippen LogP contribution in [0.25, 0.3) is 0 Å². The Morgan fingerprint density at radius 2 is 1.93 bits per heavy atom. The highest BCUT2D eigenvalue weighted by Gasteiger charge is 1.88. The van der Waals surface area contributed by atoms with E-state index in [1.807, 2.05) is 6.07 Å². The lowest BCUT2D eigenvalue weighted by Gasteiger charge is -1.91.